The Morgan fingerprint density at radius 3 is 2.88 bits per heavy atom. The summed E-state index contributed by atoms with van der Waals surface area (Å²) in [4.78, 5) is 11.0. The van der Waals surface area contributed by atoms with Crippen LogP contribution in [0.25, 0.3) is 0 Å². The van der Waals surface area contributed by atoms with Crippen molar-refractivity contribution < 1.29 is 4.74 Å². The molecule has 3 rings (SSSR count). The summed E-state index contributed by atoms with van der Waals surface area (Å²) < 4.78 is 5.57. The van der Waals surface area contributed by atoms with Crippen molar-refractivity contribution in [1.29, 1.82) is 0 Å². The monoisotopic (exact) mass is 369 g/mol. The molecular formula is C16H24ClN5OS. The lowest BCUT2D eigenvalue weighted by Crippen LogP contribution is -2.36. The molecule has 2 aliphatic rings. The molecule has 0 amide bonds. The molecule has 0 aromatic carbocycles. The maximum Gasteiger partial charge on any atom is 0.232 e. The number of nitrogens with one attached hydrogen (secondary N) is 2. The fourth-order valence-corrected chi connectivity index (χ4v) is 3.37. The highest BCUT2D eigenvalue weighted by Crippen LogP contribution is 2.24. The van der Waals surface area contributed by atoms with Crippen LogP contribution in [0.3, 0.4) is 0 Å². The van der Waals surface area contributed by atoms with Crippen LogP contribution in [0.4, 0.5) is 11.8 Å². The first-order chi connectivity index (χ1) is 11.6. The van der Waals surface area contributed by atoms with Gasteiger partial charge in [-0.05, 0) is 43.8 Å². The van der Waals surface area contributed by atoms with Gasteiger partial charge in [0.25, 0.3) is 0 Å². The van der Waals surface area contributed by atoms with Gasteiger partial charge < -0.3 is 20.3 Å². The third kappa shape index (κ3) is 4.91. The molecule has 3 heterocycles. The molecule has 1 atom stereocenters. The van der Waals surface area contributed by atoms with Gasteiger partial charge in [0.2, 0.25) is 5.95 Å². The van der Waals surface area contributed by atoms with E-state index in [1.807, 2.05) is 6.07 Å². The molecule has 2 N–H and O–H groups in total. The summed E-state index contributed by atoms with van der Waals surface area (Å²) in [6.07, 6.45) is 4.76. The number of piperidine rings is 1. The summed E-state index contributed by atoms with van der Waals surface area (Å²) in [5.74, 6) is 2.05. The van der Waals surface area contributed by atoms with E-state index in [2.05, 4.69) is 32.4 Å². The fraction of sp³-hybridized carbons (Fsp3) is 0.688. The largest absolute Gasteiger partial charge is 0.376 e. The van der Waals surface area contributed by atoms with E-state index in [9.17, 15) is 0 Å². The zero-order valence-electron chi connectivity index (χ0n) is 13.9. The number of aromatic nitrogens is 2. The molecule has 8 heteroatoms. The first kappa shape index (κ1) is 17.6. The van der Waals surface area contributed by atoms with Crippen LogP contribution in [-0.2, 0) is 4.74 Å². The minimum atomic E-state index is 0.232. The summed E-state index contributed by atoms with van der Waals surface area (Å²) in [6.45, 7) is 5.81. The maximum atomic E-state index is 6.16. The second kappa shape index (κ2) is 8.27. The van der Waals surface area contributed by atoms with Crippen molar-refractivity contribution in [1.82, 2.24) is 15.3 Å². The van der Waals surface area contributed by atoms with E-state index >= 15 is 0 Å². The fourth-order valence-electron chi connectivity index (χ4n) is 3.02. The van der Waals surface area contributed by atoms with Gasteiger partial charge >= 0.3 is 0 Å². The number of thiocarbonyl (C=S) groups is 1. The topological polar surface area (TPSA) is 62.3 Å². The SMILES string of the molecule is CC1CCN(c2cc(Cl)nc(NC(=S)NC[C@H]3CCCO3)n2)CC1. The van der Waals surface area contributed by atoms with Crippen molar-refractivity contribution in [2.24, 2.45) is 5.92 Å². The Morgan fingerprint density at radius 1 is 1.38 bits per heavy atom. The average Bonchev–Trinajstić information content (AvgIpc) is 3.06. The van der Waals surface area contributed by atoms with E-state index in [1.165, 1.54) is 12.8 Å². The number of hydrogen-bond acceptors (Lipinski definition) is 5. The number of anilines is 2. The van der Waals surface area contributed by atoms with Gasteiger partial charge in [0.05, 0.1) is 6.10 Å². The van der Waals surface area contributed by atoms with Crippen molar-refractivity contribution in [2.45, 2.75) is 38.7 Å². The van der Waals surface area contributed by atoms with Gasteiger partial charge in [0.15, 0.2) is 5.11 Å². The summed E-state index contributed by atoms with van der Waals surface area (Å²) in [6, 6.07) is 1.81. The number of hydrogen-bond donors (Lipinski definition) is 2. The second-order valence-corrected chi connectivity index (χ2v) is 7.31. The number of ether oxygens (including phenoxy) is 1. The predicted molar refractivity (Wildman–Crippen MR) is 101 cm³/mol. The molecular weight excluding hydrogens is 346 g/mol. The molecule has 6 nitrogen and oxygen atoms in total. The van der Waals surface area contributed by atoms with Gasteiger partial charge in [-0.3, -0.25) is 0 Å². The lowest BCUT2D eigenvalue weighted by molar-refractivity contribution is 0.114. The molecule has 2 aliphatic heterocycles. The number of nitrogens with zero attached hydrogens (tertiary/aromatic N) is 3. The highest BCUT2D eigenvalue weighted by molar-refractivity contribution is 7.80. The number of rotatable bonds is 4. The molecule has 0 radical (unpaired) electrons. The lowest BCUT2D eigenvalue weighted by atomic mass is 9.99. The van der Waals surface area contributed by atoms with E-state index in [0.29, 0.717) is 22.8 Å². The number of halogens is 1. The molecule has 0 aliphatic carbocycles. The van der Waals surface area contributed by atoms with Gasteiger partial charge in [-0.1, -0.05) is 18.5 Å². The van der Waals surface area contributed by atoms with Crippen LogP contribution in [0.5, 0.6) is 0 Å². The van der Waals surface area contributed by atoms with Crippen molar-refractivity contribution >= 4 is 40.7 Å². The standard InChI is InChI=1S/C16H24ClN5OS/c1-11-4-6-22(7-5-11)14-9-13(17)19-15(20-14)21-16(24)18-10-12-3-2-8-23-12/h9,11-12H,2-8,10H2,1H3,(H2,18,19,20,21,24)/t12-/m1/s1. The van der Waals surface area contributed by atoms with Crippen LogP contribution in [-0.4, -0.2) is 47.4 Å². The Balaban J connectivity index is 1.57. The smallest absolute Gasteiger partial charge is 0.232 e. The maximum absolute atomic E-state index is 6.16. The van der Waals surface area contributed by atoms with Crippen molar-refractivity contribution in [3.63, 3.8) is 0 Å². The molecule has 1 aromatic heterocycles. The quantitative estimate of drug-likeness (QED) is 0.625. The second-order valence-electron chi connectivity index (χ2n) is 6.51. The lowest BCUT2D eigenvalue weighted by Gasteiger charge is -2.31. The van der Waals surface area contributed by atoms with Gasteiger partial charge in [0, 0.05) is 32.3 Å². The Kier molecular flexibility index (Phi) is 6.08. The minimum Gasteiger partial charge on any atom is -0.376 e. The van der Waals surface area contributed by atoms with Gasteiger partial charge in [-0.15, -0.1) is 0 Å². The Hall–Kier alpha value is -1.18. The highest BCUT2D eigenvalue weighted by atomic mass is 35.5. The molecule has 24 heavy (non-hydrogen) atoms. The molecule has 0 spiro atoms. The van der Waals surface area contributed by atoms with E-state index in [4.69, 9.17) is 28.6 Å². The molecule has 0 bridgehead atoms. The van der Waals surface area contributed by atoms with Crippen LogP contribution in [0, 0.1) is 5.92 Å². The zero-order valence-corrected chi connectivity index (χ0v) is 15.5. The molecule has 132 valence electrons. The molecule has 0 unspecified atom stereocenters. The van der Waals surface area contributed by atoms with Crippen LogP contribution >= 0.6 is 23.8 Å². The molecule has 1 aromatic rings. The van der Waals surface area contributed by atoms with Gasteiger partial charge in [-0.2, -0.15) is 4.98 Å². The van der Waals surface area contributed by atoms with E-state index in [0.717, 1.165) is 44.3 Å². The summed E-state index contributed by atoms with van der Waals surface area (Å²) >= 11 is 11.5. The highest BCUT2D eigenvalue weighted by Gasteiger charge is 2.19. The average molecular weight is 370 g/mol. The van der Waals surface area contributed by atoms with Crippen molar-refractivity contribution in [2.75, 3.05) is 36.5 Å². The van der Waals surface area contributed by atoms with Crippen molar-refractivity contribution in [3.8, 4) is 0 Å². The minimum absolute atomic E-state index is 0.232. The van der Waals surface area contributed by atoms with Crippen LogP contribution < -0.4 is 15.5 Å². The Morgan fingerprint density at radius 2 is 2.17 bits per heavy atom. The molecule has 2 fully saturated rings. The van der Waals surface area contributed by atoms with E-state index in [-0.39, 0.29) is 6.10 Å². The first-order valence-electron chi connectivity index (χ1n) is 8.56. The molecule has 2 saturated heterocycles. The van der Waals surface area contributed by atoms with Crippen LogP contribution in [0.1, 0.15) is 32.6 Å². The summed E-state index contributed by atoms with van der Waals surface area (Å²) in [5, 5.41) is 7.09. The van der Waals surface area contributed by atoms with Gasteiger partial charge in [0.1, 0.15) is 11.0 Å². The van der Waals surface area contributed by atoms with Crippen LogP contribution in [0.2, 0.25) is 5.15 Å². The van der Waals surface area contributed by atoms with Crippen LogP contribution in [0.15, 0.2) is 6.07 Å². The van der Waals surface area contributed by atoms with Gasteiger partial charge in [-0.25, -0.2) is 4.98 Å². The van der Waals surface area contributed by atoms with E-state index in [1.54, 1.807) is 0 Å². The van der Waals surface area contributed by atoms with E-state index < -0.39 is 0 Å². The van der Waals surface area contributed by atoms with Crippen molar-refractivity contribution in [3.05, 3.63) is 11.2 Å². The molecule has 0 saturated carbocycles. The summed E-state index contributed by atoms with van der Waals surface area (Å²) in [5.41, 5.74) is 0. The Labute approximate surface area is 153 Å². The third-order valence-corrected chi connectivity index (χ3v) is 4.97. The zero-order chi connectivity index (χ0) is 16.9. The third-order valence-electron chi connectivity index (χ3n) is 4.53. The normalized spacial score (nSPS) is 21.8. The Bertz CT molecular complexity index is 574. The summed E-state index contributed by atoms with van der Waals surface area (Å²) in [7, 11) is 0. The predicted octanol–water partition coefficient (Wildman–Crippen LogP) is 2.83. The first-order valence-corrected chi connectivity index (χ1v) is 9.35.